The molecule has 1 aliphatic heterocycles. The lowest BCUT2D eigenvalue weighted by Crippen LogP contribution is -2.49. The molecule has 0 bridgehead atoms. The number of pyridine rings is 1. The number of carboxylic acid groups (broad SMARTS) is 1. The van der Waals surface area contributed by atoms with Crippen LogP contribution in [0.3, 0.4) is 0 Å². The number of piperidine rings is 1. The maximum atomic E-state index is 13.2. The zero-order valence-corrected chi connectivity index (χ0v) is 12.4. The van der Waals surface area contributed by atoms with E-state index in [-0.39, 0.29) is 23.8 Å². The molecule has 21 heavy (non-hydrogen) atoms. The van der Waals surface area contributed by atoms with Gasteiger partial charge in [-0.2, -0.15) is 4.31 Å². The first-order valence-corrected chi connectivity index (χ1v) is 8.15. The highest BCUT2D eigenvalue weighted by atomic mass is 32.2. The molecule has 8 heteroatoms. The number of carbonyl (C=O) groups is 1. The number of aromatic nitrogens is 1. The number of hydrogen-bond donors (Lipinski definition) is 1. The van der Waals surface area contributed by atoms with Gasteiger partial charge < -0.3 is 5.11 Å². The van der Waals surface area contributed by atoms with Crippen molar-refractivity contribution in [1.29, 1.82) is 0 Å². The molecule has 2 atom stereocenters. The highest BCUT2D eigenvalue weighted by Crippen LogP contribution is 2.30. The summed E-state index contributed by atoms with van der Waals surface area (Å²) >= 11 is 0. The van der Waals surface area contributed by atoms with E-state index in [1.165, 1.54) is 0 Å². The highest BCUT2D eigenvalue weighted by Gasteiger charge is 2.40. The molecule has 2 heterocycles. The Bertz CT molecular complexity index is 635. The average molecular weight is 316 g/mol. The van der Waals surface area contributed by atoms with Crippen LogP contribution in [-0.4, -0.2) is 41.4 Å². The Balaban J connectivity index is 2.36. The summed E-state index contributed by atoms with van der Waals surface area (Å²) in [6.07, 6.45) is 3.61. The number of carboxylic acids is 1. The van der Waals surface area contributed by atoms with E-state index in [4.69, 9.17) is 0 Å². The van der Waals surface area contributed by atoms with Crippen LogP contribution in [0.5, 0.6) is 0 Å². The van der Waals surface area contributed by atoms with E-state index >= 15 is 0 Å². The number of aliphatic carboxylic acids is 1. The monoisotopic (exact) mass is 316 g/mol. The maximum absolute atomic E-state index is 13.2. The molecule has 1 aliphatic rings. The van der Waals surface area contributed by atoms with Crippen molar-refractivity contribution in [3.63, 3.8) is 0 Å². The van der Waals surface area contributed by atoms with E-state index in [1.54, 1.807) is 0 Å². The van der Waals surface area contributed by atoms with Gasteiger partial charge in [0.25, 0.3) is 0 Å². The molecule has 1 aromatic heterocycles. The first kappa shape index (κ1) is 15.8. The molecule has 0 aliphatic carbocycles. The Hall–Kier alpha value is -1.54. The molecule has 1 N–H and O–H groups in total. The number of sulfonamides is 1. The number of rotatable bonds is 4. The lowest BCUT2D eigenvalue weighted by molar-refractivity contribution is -0.143. The first-order chi connectivity index (χ1) is 9.86. The summed E-state index contributed by atoms with van der Waals surface area (Å²) in [5.41, 5.74) is 0. The lowest BCUT2D eigenvalue weighted by Gasteiger charge is -2.35. The van der Waals surface area contributed by atoms with Gasteiger partial charge in [0.2, 0.25) is 10.0 Å². The fourth-order valence-electron chi connectivity index (χ4n) is 2.57. The second-order valence-electron chi connectivity index (χ2n) is 5.11. The fourth-order valence-corrected chi connectivity index (χ4v) is 4.15. The molecule has 1 saturated heterocycles. The standard InChI is InChI=1S/C13H17FN2O4S/c1-2-9-3-4-16(12(5-9)13(17)18)21(19,20)11-6-10(14)7-15-8-11/h6-9,12H,2-5H2,1H3,(H,17,18). The third-order valence-electron chi connectivity index (χ3n) is 3.81. The first-order valence-electron chi connectivity index (χ1n) is 6.71. The van der Waals surface area contributed by atoms with E-state index in [0.717, 1.165) is 29.2 Å². The van der Waals surface area contributed by atoms with Gasteiger partial charge in [-0.1, -0.05) is 13.3 Å². The van der Waals surface area contributed by atoms with Gasteiger partial charge >= 0.3 is 5.97 Å². The molecule has 0 amide bonds. The number of halogens is 1. The van der Waals surface area contributed by atoms with Crippen molar-refractivity contribution in [2.24, 2.45) is 5.92 Å². The minimum Gasteiger partial charge on any atom is -0.480 e. The molecule has 1 aromatic rings. The minimum absolute atomic E-state index is 0.119. The van der Waals surface area contributed by atoms with Crippen LogP contribution < -0.4 is 0 Å². The summed E-state index contributed by atoms with van der Waals surface area (Å²) < 4.78 is 39.1. The number of nitrogens with zero attached hydrogens (tertiary/aromatic N) is 2. The fraction of sp³-hybridized carbons (Fsp3) is 0.538. The van der Waals surface area contributed by atoms with Gasteiger partial charge in [-0.3, -0.25) is 9.78 Å². The van der Waals surface area contributed by atoms with Crippen molar-refractivity contribution in [1.82, 2.24) is 9.29 Å². The maximum Gasteiger partial charge on any atom is 0.322 e. The Morgan fingerprint density at radius 3 is 2.81 bits per heavy atom. The van der Waals surface area contributed by atoms with Crippen molar-refractivity contribution in [2.45, 2.75) is 37.1 Å². The molecular formula is C13H17FN2O4S. The third kappa shape index (κ3) is 3.21. The quantitative estimate of drug-likeness (QED) is 0.909. The van der Waals surface area contributed by atoms with Gasteiger partial charge in [-0.05, 0) is 24.8 Å². The van der Waals surface area contributed by atoms with Gasteiger partial charge in [0.15, 0.2) is 0 Å². The highest BCUT2D eigenvalue weighted by molar-refractivity contribution is 7.89. The largest absolute Gasteiger partial charge is 0.480 e. The van der Waals surface area contributed by atoms with Crippen LogP contribution in [0.25, 0.3) is 0 Å². The molecule has 0 radical (unpaired) electrons. The zero-order chi connectivity index (χ0) is 15.6. The predicted octanol–water partition coefficient (Wildman–Crippen LogP) is 1.48. The molecule has 6 nitrogen and oxygen atoms in total. The van der Waals surface area contributed by atoms with Crippen LogP contribution >= 0.6 is 0 Å². The van der Waals surface area contributed by atoms with Gasteiger partial charge in [0.1, 0.15) is 16.8 Å². The summed E-state index contributed by atoms with van der Waals surface area (Å²) in [4.78, 5) is 14.6. The lowest BCUT2D eigenvalue weighted by atomic mass is 9.90. The van der Waals surface area contributed by atoms with E-state index in [9.17, 15) is 22.7 Å². The van der Waals surface area contributed by atoms with Crippen molar-refractivity contribution in [3.05, 3.63) is 24.3 Å². The smallest absolute Gasteiger partial charge is 0.322 e. The Morgan fingerprint density at radius 1 is 1.52 bits per heavy atom. The van der Waals surface area contributed by atoms with Crippen LogP contribution in [0.2, 0.25) is 0 Å². The molecule has 116 valence electrons. The van der Waals surface area contributed by atoms with E-state index in [1.807, 2.05) is 6.92 Å². The van der Waals surface area contributed by atoms with Crippen molar-refractivity contribution in [3.8, 4) is 0 Å². The van der Waals surface area contributed by atoms with E-state index < -0.39 is 27.9 Å². The summed E-state index contributed by atoms with van der Waals surface area (Å²) in [5.74, 6) is -1.77. The topological polar surface area (TPSA) is 87.6 Å². The molecule has 0 aromatic carbocycles. The molecule has 0 saturated carbocycles. The average Bonchev–Trinajstić information content (AvgIpc) is 2.46. The normalized spacial score (nSPS) is 23.9. The van der Waals surface area contributed by atoms with Gasteiger partial charge in [0.05, 0.1) is 6.20 Å². The van der Waals surface area contributed by atoms with Crippen molar-refractivity contribution < 1.29 is 22.7 Å². The van der Waals surface area contributed by atoms with Gasteiger partial charge in [-0.25, -0.2) is 12.8 Å². The van der Waals surface area contributed by atoms with Gasteiger partial charge in [0, 0.05) is 12.7 Å². The second kappa shape index (κ2) is 6.07. The van der Waals surface area contributed by atoms with E-state index in [0.29, 0.717) is 6.42 Å². The summed E-state index contributed by atoms with van der Waals surface area (Å²) in [6.45, 7) is 2.07. The van der Waals surface area contributed by atoms with E-state index in [2.05, 4.69) is 4.98 Å². The van der Waals surface area contributed by atoms with Crippen LogP contribution in [0.15, 0.2) is 23.4 Å². The predicted molar refractivity (Wildman–Crippen MR) is 72.5 cm³/mol. The Morgan fingerprint density at radius 2 is 2.24 bits per heavy atom. The van der Waals surface area contributed by atoms with Crippen LogP contribution in [-0.2, 0) is 14.8 Å². The van der Waals surface area contributed by atoms with Crippen LogP contribution in [0.4, 0.5) is 4.39 Å². The summed E-state index contributed by atoms with van der Waals surface area (Å²) in [5, 5.41) is 9.29. The second-order valence-corrected chi connectivity index (χ2v) is 7.00. The van der Waals surface area contributed by atoms with Crippen molar-refractivity contribution in [2.75, 3.05) is 6.54 Å². The summed E-state index contributed by atoms with van der Waals surface area (Å²) in [7, 11) is -4.06. The van der Waals surface area contributed by atoms with Gasteiger partial charge in [-0.15, -0.1) is 0 Å². The molecular weight excluding hydrogens is 299 g/mol. The molecule has 2 rings (SSSR count). The molecule has 1 fully saturated rings. The van der Waals surface area contributed by atoms with Crippen molar-refractivity contribution >= 4 is 16.0 Å². The Kier molecular flexibility index (Phi) is 4.58. The SMILES string of the molecule is CCC1CCN(S(=O)(=O)c2cncc(F)c2)C(C(=O)O)C1. The third-order valence-corrected chi connectivity index (χ3v) is 5.68. The molecule has 0 spiro atoms. The zero-order valence-electron chi connectivity index (χ0n) is 11.6. The summed E-state index contributed by atoms with van der Waals surface area (Å²) in [6, 6.07) is -0.260. The van der Waals surface area contributed by atoms with Crippen LogP contribution in [0.1, 0.15) is 26.2 Å². The Labute approximate surface area is 122 Å². The minimum atomic E-state index is -4.06. The molecule has 2 unspecified atom stereocenters. The van der Waals surface area contributed by atoms with Crippen LogP contribution in [0, 0.1) is 11.7 Å². The number of hydrogen-bond acceptors (Lipinski definition) is 4.